The third kappa shape index (κ3) is 3.22. The van der Waals surface area contributed by atoms with Crippen molar-refractivity contribution >= 4 is 21.1 Å². The zero-order valence-electron chi connectivity index (χ0n) is 14.7. The minimum absolute atomic E-state index is 0.0798. The molecule has 0 amide bonds. The van der Waals surface area contributed by atoms with Crippen molar-refractivity contribution in [3.8, 4) is 0 Å². The van der Waals surface area contributed by atoms with E-state index in [1.54, 1.807) is 18.2 Å². The van der Waals surface area contributed by atoms with E-state index in [9.17, 15) is 12.8 Å². The number of hydrogen-bond acceptors (Lipinski definition) is 6. The summed E-state index contributed by atoms with van der Waals surface area (Å²) >= 11 is 0. The van der Waals surface area contributed by atoms with Crippen molar-refractivity contribution in [2.24, 2.45) is 0 Å². The van der Waals surface area contributed by atoms with Gasteiger partial charge in [-0.15, -0.1) is 0 Å². The van der Waals surface area contributed by atoms with Crippen molar-refractivity contribution < 1.29 is 17.3 Å². The predicted octanol–water partition coefficient (Wildman–Crippen LogP) is 2.26. The molecule has 1 aromatic carbocycles. The Morgan fingerprint density at radius 2 is 2.22 bits per heavy atom. The van der Waals surface area contributed by atoms with Crippen LogP contribution in [0.3, 0.4) is 0 Å². The van der Waals surface area contributed by atoms with E-state index in [1.165, 1.54) is 22.6 Å². The first kappa shape index (κ1) is 18.0. The molecule has 1 N–H and O–H groups in total. The summed E-state index contributed by atoms with van der Waals surface area (Å²) in [5.41, 5.74) is 1.59. The van der Waals surface area contributed by atoms with Gasteiger partial charge in [-0.3, -0.25) is 0 Å². The molecule has 0 aliphatic carbocycles. The van der Waals surface area contributed by atoms with Gasteiger partial charge >= 0.3 is 0 Å². The number of sulfonamides is 1. The van der Waals surface area contributed by atoms with Gasteiger partial charge < -0.3 is 9.84 Å². The van der Waals surface area contributed by atoms with Crippen LogP contribution in [0, 0.1) is 5.82 Å². The van der Waals surface area contributed by atoms with Gasteiger partial charge in [0.15, 0.2) is 0 Å². The van der Waals surface area contributed by atoms with Crippen LogP contribution in [0.25, 0.3) is 11.1 Å². The molecule has 1 fully saturated rings. The van der Waals surface area contributed by atoms with Crippen LogP contribution in [0.5, 0.6) is 0 Å². The van der Waals surface area contributed by atoms with Gasteiger partial charge in [0.05, 0.1) is 23.3 Å². The van der Waals surface area contributed by atoms with Crippen LogP contribution in [-0.2, 0) is 16.4 Å². The van der Waals surface area contributed by atoms with E-state index in [2.05, 4.69) is 15.5 Å². The number of benzene rings is 1. The molecular weight excluding hydrogens is 371 g/mol. The average Bonchev–Trinajstić information content (AvgIpc) is 3.10. The summed E-state index contributed by atoms with van der Waals surface area (Å²) in [6.45, 7) is 3.13. The van der Waals surface area contributed by atoms with Crippen molar-refractivity contribution in [3.63, 3.8) is 0 Å². The van der Waals surface area contributed by atoms with E-state index >= 15 is 0 Å². The summed E-state index contributed by atoms with van der Waals surface area (Å²) in [5, 5.41) is 7.70. The van der Waals surface area contributed by atoms with Crippen molar-refractivity contribution in [2.75, 3.05) is 19.6 Å². The second-order valence-corrected chi connectivity index (χ2v) is 8.29. The van der Waals surface area contributed by atoms with E-state index in [0.717, 1.165) is 0 Å². The van der Waals surface area contributed by atoms with E-state index in [4.69, 9.17) is 4.52 Å². The van der Waals surface area contributed by atoms with Gasteiger partial charge in [0.1, 0.15) is 10.7 Å². The molecular formula is C18H19FN4O3S. The van der Waals surface area contributed by atoms with Gasteiger partial charge in [-0.1, -0.05) is 24.2 Å². The lowest BCUT2D eigenvalue weighted by atomic mass is 10.1. The Balaban J connectivity index is 1.77. The Hall–Kier alpha value is -2.36. The lowest BCUT2D eigenvalue weighted by Crippen LogP contribution is -2.48. The summed E-state index contributed by atoms with van der Waals surface area (Å²) in [6.07, 6.45) is 1.89. The fraction of sp³-hybridized carbons (Fsp3) is 0.333. The molecule has 9 heteroatoms. The Bertz CT molecular complexity index is 1080. The van der Waals surface area contributed by atoms with Crippen molar-refractivity contribution in [1.29, 1.82) is 0 Å². The van der Waals surface area contributed by atoms with Crippen LogP contribution in [0.15, 0.2) is 45.9 Å². The van der Waals surface area contributed by atoms with Crippen LogP contribution in [0.4, 0.5) is 4.39 Å². The van der Waals surface area contributed by atoms with Gasteiger partial charge in [0.25, 0.3) is 5.71 Å². The summed E-state index contributed by atoms with van der Waals surface area (Å²) < 4.78 is 46.9. The van der Waals surface area contributed by atoms with E-state index in [1.807, 2.05) is 6.92 Å². The maximum Gasteiger partial charge on any atom is 0.258 e. The first-order valence-corrected chi connectivity index (χ1v) is 10.2. The fourth-order valence-electron chi connectivity index (χ4n) is 3.36. The molecule has 1 atom stereocenters. The number of pyridine rings is 1. The fourth-order valence-corrected chi connectivity index (χ4v) is 4.95. The Labute approximate surface area is 156 Å². The SMILES string of the molecule is CCc1noc2ncc(S(=O)(=O)N3CCNCC3c3cccc(F)c3)cc12. The molecule has 3 aromatic rings. The number of hydrogen-bond donors (Lipinski definition) is 1. The summed E-state index contributed by atoms with van der Waals surface area (Å²) in [5.74, 6) is -0.393. The lowest BCUT2D eigenvalue weighted by Gasteiger charge is -2.35. The van der Waals surface area contributed by atoms with Gasteiger partial charge in [-0.05, 0) is 30.2 Å². The number of rotatable bonds is 4. The van der Waals surface area contributed by atoms with E-state index in [-0.39, 0.29) is 11.4 Å². The molecule has 1 saturated heterocycles. The molecule has 0 spiro atoms. The molecule has 0 bridgehead atoms. The smallest absolute Gasteiger partial charge is 0.258 e. The number of fused-ring (bicyclic) bond motifs is 1. The lowest BCUT2D eigenvalue weighted by molar-refractivity contribution is 0.271. The van der Waals surface area contributed by atoms with Gasteiger partial charge in [-0.2, -0.15) is 4.31 Å². The first-order valence-electron chi connectivity index (χ1n) is 8.73. The highest BCUT2D eigenvalue weighted by atomic mass is 32.2. The number of halogens is 1. The molecule has 7 nitrogen and oxygen atoms in total. The molecule has 1 unspecified atom stereocenters. The van der Waals surface area contributed by atoms with Crippen molar-refractivity contribution in [3.05, 3.63) is 53.6 Å². The number of piperazine rings is 1. The maximum absolute atomic E-state index is 13.7. The molecule has 1 aliphatic heterocycles. The summed E-state index contributed by atoms with van der Waals surface area (Å²) in [4.78, 5) is 4.19. The molecule has 2 aromatic heterocycles. The molecule has 0 radical (unpaired) electrons. The topological polar surface area (TPSA) is 88.3 Å². The van der Waals surface area contributed by atoms with Crippen LogP contribution in [0.2, 0.25) is 0 Å². The number of aromatic nitrogens is 2. The molecule has 142 valence electrons. The highest BCUT2D eigenvalue weighted by Gasteiger charge is 2.35. The van der Waals surface area contributed by atoms with E-state index in [0.29, 0.717) is 41.9 Å². The summed E-state index contributed by atoms with van der Waals surface area (Å²) in [6, 6.07) is 7.09. The Kier molecular flexibility index (Phi) is 4.67. The van der Waals surface area contributed by atoms with Crippen LogP contribution in [0.1, 0.15) is 24.2 Å². The van der Waals surface area contributed by atoms with Gasteiger partial charge in [0, 0.05) is 19.6 Å². The molecule has 1 aliphatic rings. The maximum atomic E-state index is 13.7. The van der Waals surface area contributed by atoms with Crippen LogP contribution >= 0.6 is 0 Å². The average molecular weight is 390 g/mol. The number of nitrogens with zero attached hydrogens (tertiary/aromatic N) is 3. The van der Waals surface area contributed by atoms with Crippen LogP contribution < -0.4 is 5.32 Å². The van der Waals surface area contributed by atoms with Crippen molar-refractivity contribution in [1.82, 2.24) is 19.8 Å². The first-order chi connectivity index (χ1) is 13.0. The second kappa shape index (κ2) is 6.99. The normalized spacial score (nSPS) is 18.8. The molecule has 0 saturated carbocycles. The third-order valence-corrected chi connectivity index (χ3v) is 6.62. The predicted molar refractivity (Wildman–Crippen MR) is 97.1 cm³/mol. The van der Waals surface area contributed by atoms with Crippen molar-refractivity contribution in [2.45, 2.75) is 24.3 Å². The second-order valence-electron chi connectivity index (χ2n) is 6.40. The Morgan fingerprint density at radius 1 is 1.37 bits per heavy atom. The number of aryl methyl sites for hydroxylation is 1. The molecule has 4 rings (SSSR count). The zero-order chi connectivity index (χ0) is 19.0. The van der Waals surface area contributed by atoms with E-state index < -0.39 is 21.9 Å². The zero-order valence-corrected chi connectivity index (χ0v) is 15.5. The van der Waals surface area contributed by atoms with Crippen LogP contribution in [-0.4, -0.2) is 42.5 Å². The summed E-state index contributed by atoms with van der Waals surface area (Å²) in [7, 11) is -3.83. The Morgan fingerprint density at radius 3 is 3.00 bits per heavy atom. The number of nitrogens with one attached hydrogen (secondary N) is 1. The monoisotopic (exact) mass is 390 g/mol. The minimum Gasteiger partial charge on any atom is -0.336 e. The highest BCUT2D eigenvalue weighted by Crippen LogP contribution is 2.30. The highest BCUT2D eigenvalue weighted by molar-refractivity contribution is 7.89. The minimum atomic E-state index is -3.83. The third-order valence-electron chi connectivity index (χ3n) is 4.75. The largest absolute Gasteiger partial charge is 0.336 e. The molecule has 3 heterocycles. The van der Waals surface area contributed by atoms with Gasteiger partial charge in [-0.25, -0.2) is 17.8 Å². The standard InChI is InChI=1S/C18H19FN4O3S/c1-2-16-15-9-14(10-21-18(15)26-22-16)27(24,25)23-7-6-20-11-17(23)12-4-3-5-13(19)8-12/h3-5,8-10,17,20H,2,6-7,11H2,1H3. The van der Waals surface area contributed by atoms with Gasteiger partial charge in [0.2, 0.25) is 10.0 Å². The molecule has 27 heavy (non-hydrogen) atoms. The quantitative estimate of drug-likeness (QED) is 0.735.